The van der Waals surface area contributed by atoms with E-state index in [-0.39, 0.29) is 25.7 Å². The summed E-state index contributed by atoms with van der Waals surface area (Å²) in [7, 11) is -9.92. The van der Waals surface area contributed by atoms with Crippen LogP contribution >= 0.6 is 15.6 Å². The zero-order valence-corrected chi connectivity index (χ0v) is 66.0. The molecule has 98 heavy (non-hydrogen) atoms. The summed E-state index contributed by atoms with van der Waals surface area (Å²) in [5.41, 5.74) is 0. The van der Waals surface area contributed by atoms with Gasteiger partial charge < -0.3 is 33.8 Å². The largest absolute Gasteiger partial charge is 0.472 e. The third-order valence-corrected chi connectivity index (χ3v) is 20.6. The topological polar surface area (TPSA) is 237 Å². The lowest BCUT2D eigenvalue weighted by Crippen LogP contribution is -2.30. The van der Waals surface area contributed by atoms with E-state index in [9.17, 15) is 43.2 Å². The molecule has 6 atom stereocenters. The van der Waals surface area contributed by atoms with E-state index in [1.54, 1.807) is 0 Å². The van der Waals surface area contributed by atoms with Crippen LogP contribution in [-0.2, 0) is 65.4 Å². The van der Waals surface area contributed by atoms with E-state index in [1.807, 2.05) is 0 Å². The molecule has 0 saturated heterocycles. The molecule has 0 saturated carbocycles. The normalized spacial score (nSPS) is 14.3. The van der Waals surface area contributed by atoms with E-state index in [4.69, 9.17) is 37.0 Å². The van der Waals surface area contributed by atoms with Crippen molar-refractivity contribution in [1.29, 1.82) is 0 Å². The zero-order valence-electron chi connectivity index (χ0n) is 64.3. The molecule has 0 bridgehead atoms. The van der Waals surface area contributed by atoms with E-state index < -0.39 is 97.5 Å². The third kappa shape index (κ3) is 71.1. The summed E-state index contributed by atoms with van der Waals surface area (Å²) in [5, 5.41) is 10.6. The number of carbonyl (C=O) groups excluding carboxylic acids is 4. The molecule has 3 unspecified atom stereocenters. The fourth-order valence-electron chi connectivity index (χ4n) is 12.1. The van der Waals surface area contributed by atoms with Gasteiger partial charge in [-0.3, -0.25) is 37.3 Å². The molecular weight excluding hydrogens is 1280 g/mol. The molecule has 0 spiro atoms. The highest BCUT2D eigenvalue weighted by molar-refractivity contribution is 7.47. The molecule has 0 aliphatic rings. The molecular formula is C79H154O17P2. The average molecular weight is 1440 g/mol. The van der Waals surface area contributed by atoms with Crippen LogP contribution in [0.3, 0.4) is 0 Å². The Bertz CT molecular complexity index is 1910. The van der Waals surface area contributed by atoms with Crippen molar-refractivity contribution in [2.75, 3.05) is 39.6 Å². The van der Waals surface area contributed by atoms with Gasteiger partial charge in [-0.1, -0.05) is 357 Å². The first-order valence-electron chi connectivity index (χ1n) is 40.9. The highest BCUT2D eigenvalue weighted by Gasteiger charge is 2.30. The fourth-order valence-corrected chi connectivity index (χ4v) is 13.7. The highest BCUT2D eigenvalue weighted by atomic mass is 31.2. The lowest BCUT2D eigenvalue weighted by atomic mass is 9.99. The number of phosphoric ester groups is 2. The predicted octanol–water partition coefficient (Wildman–Crippen LogP) is 23.4. The Morgan fingerprint density at radius 2 is 0.520 bits per heavy atom. The number of aliphatic hydroxyl groups is 1. The summed E-state index contributed by atoms with van der Waals surface area (Å²) < 4.78 is 68.6. The minimum Gasteiger partial charge on any atom is -0.462 e. The van der Waals surface area contributed by atoms with Gasteiger partial charge >= 0.3 is 39.5 Å². The second kappa shape index (κ2) is 69.4. The van der Waals surface area contributed by atoms with Crippen LogP contribution in [0.25, 0.3) is 0 Å². The van der Waals surface area contributed by atoms with Crippen molar-refractivity contribution in [2.45, 2.75) is 426 Å². The molecule has 0 aromatic rings. The van der Waals surface area contributed by atoms with Gasteiger partial charge in [-0.2, -0.15) is 0 Å². The Kier molecular flexibility index (Phi) is 68.1. The van der Waals surface area contributed by atoms with E-state index in [2.05, 4.69) is 48.5 Å². The summed E-state index contributed by atoms with van der Waals surface area (Å²) in [6.07, 6.45) is 57.1. The van der Waals surface area contributed by atoms with E-state index in [1.165, 1.54) is 212 Å². The Morgan fingerprint density at radius 1 is 0.296 bits per heavy atom. The maximum atomic E-state index is 13.1. The van der Waals surface area contributed by atoms with Gasteiger partial charge in [-0.25, -0.2) is 9.13 Å². The number of aliphatic hydroxyl groups excluding tert-OH is 1. The highest BCUT2D eigenvalue weighted by Crippen LogP contribution is 2.45. The van der Waals surface area contributed by atoms with Crippen LogP contribution in [0.15, 0.2) is 0 Å². The molecule has 0 aromatic carbocycles. The fraction of sp³-hybridized carbons (Fsp3) is 0.949. The Hall–Kier alpha value is -1.94. The lowest BCUT2D eigenvalue weighted by Gasteiger charge is -2.21. The van der Waals surface area contributed by atoms with Gasteiger partial charge in [0.2, 0.25) is 0 Å². The van der Waals surface area contributed by atoms with Crippen molar-refractivity contribution < 1.29 is 80.2 Å². The SMILES string of the molecule is CCCCCCCCCCCCCCCCCCCCCC(=O)O[C@H](COC(=O)CCCCCCCCCCCCCCCCC(C)CC)COP(=O)(O)OC[C@@H](O)COP(=O)(O)OC[C@@H](COC(=O)CCCCCCCCC(C)C)OC(=O)CCCCCCCCCCCC(C)C. The monoisotopic (exact) mass is 1440 g/mol. The molecule has 0 aliphatic heterocycles. The second-order valence-corrected chi connectivity index (χ2v) is 32.6. The van der Waals surface area contributed by atoms with Crippen LogP contribution in [0, 0.1) is 17.8 Å². The molecule has 3 N–H and O–H groups in total. The zero-order chi connectivity index (χ0) is 72.3. The summed E-state index contributed by atoms with van der Waals surface area (Å²) >= 11 is 0. The third-order valence-electron chi connectivity index (χ3n) is 18.7. The number of unbranched alkanes of at least 4 members (excludes halogenated alkanes) is 44. The van der Waals surface area contributed by atoms with Crippen molar-refractivity contribution in [2.24, 2.45) is 17.8 Å². The number of hydrogen-bond donors (Lipinski definition) is 3. The van der Waals surface area contributed by atoms with Crippen molar-refractivity contribution in [1.82, 2.24) is 0 Å². The number of phosphoric acid groups is 2. The maximum Gasteiger partial charge on any atom is 0.472 e. The maximum absolute atomic E-state index is 13.1. The van der Waals surface area contributed by atoms with Crippen LogP contribution in [0.1, 0.15) is 408 Å². The molecule has 582 valence electrons. The number of carbonyl (C=O) groups is 4. The molecule has 0 amide bonds. The quantitative estimate of drug-likeness (QED) is 0.0222. The smallest absolute Gasteiger partial charge is 0.462 e. The van der Waals surface area contributed by atoms with E-state index in [0.717, 1.165) is 108 Å². The standard InChI is InChI=1S/C79H154O17P2/c1-8-10-11-12-13-14-15-16-17-18-19-20-21-26-29-34-39-48-55-62-78(83)95-74(66-89-76(81)60-53-46-38-33-28-25-23-22-24-27-32-37-45-52-59-72(7)9-2)68-93-97(85,86)91-64-73(80)65-92-98(87,88)94-69-75(67-90-77(82)61-54-47-42-41-44-51-58-71(5)6)96-79(84)63-56-49-40-35-30-31-36-43-50-57-70(3)4/h70-75,80H,8-69H2,1-7H3,(H,85,86)(H,87,88)/t72?,73-,74-,75-/m1/s1. The van der Waals surface area contributed by atoms with Gasteiger partial charge in [0.05, 0.1) is 26.4 Å². The lowest BCUT2D eigenvalue weighted by molar-refractivity contribution is -0.161. The van der Waals surface area contributed by atoms with Gasteiger partial charge in [0.15, 0.2) is 12.2 Å². The van der Waals surface area contributed by atoms with Crippen LogP contribution in [0.5, 0.6) is 0 Å². The Labute approximate surface area is 600 Å². The van der Waals surface area contributed by atoms with Gasteiger partial charge in [0, 0.05) is 25.7 Å². The Morgan fingerprint density at radius 3 is 0.776 bits per heavy atom. The van der Waals surface area contributed by atoms with Gasteiger partial charge in [0.25, 0.3) is 0 Å². The first-order chi connectivity index (χ1) is 47.3. The minimum absolute atomic E-state index is 0.104. The van der Waals surface area contributed by atoms with Gasteiger partial charge in [-0.15, -0.1) is 0 Å². The summed E-state index contributed by atoms with van der Waals surface area (Å²) in [5.74, 6) is 0.149. The molecule has 19 heteroatoms. The number of rotatable bonds is 77. The first-order valence-corrected chi connectivity index (χ1v) is 43.9. The second-order valence-electron chi connectivity index (χ2n) is 29.6. The number of hydrogen-bond acceptors (Lipinski definition) is 15. The van der Waals surface area contributed by atoms with Gasteiger partial charge in [-0.05, 0) is 43.4 Å². The summed E-state index contributed by atoms with van der Waals surface area (Å²) in [6.45, 7) is 11.9. The van der Waals surface area contributed by atoms with Crippen molar-refractivity contribution >= 4 is 39.5 Å². The average Bonchev–Trinajstić information content (AvgIpc) is 0.988. The van der Waals surface area contributed by atoms with Crippen LogP contribution < -0.4 is 0 Å². The molecule has 0 rings (SSSR count). The van der Waals surface area contributed by atoms with Crippen molar-refractivity contribution in [3.63, 3.8) is 0 Å². The molecule has 0 aromatic heterocycles. The predicted molar refractivity (Wildman–Crippen MR) is 400 cm³/mol. The van der Waals surface area contributed by atoms with Crippen LogP contribution in [-0.4, -0.2) is 96.7 Å². The summed E-state index contributed by atoms with van der Waals surface area (Å²) in [6, 6.07) is 0. The van der Waals surface area contributed by atoms with Crippen molar-refractivity contribution in [3.05, 3.63) is 0 Å². The molecule has 0 heterocycles. The summed E-state index contributed by atoms with van der Waals surface area (Å²) in [4.78, 5) is 72.9. The molecule has 0 fully saturated rings. The first kappa shape index (κ1) is 96.1. The molecule has 0 aliphatic carbocycles. The van der Waals surface area contributed by atoms with Crippen molar-refractivity contribution in [3.8, 4) is 0 Å². The molecule has 0 radical (unpaired) electrons. The number of ether oxygens (including phenoxy) is 4. The van der Waals surface area contributed by atoms with E-state index >= 15 is 0 Å². The van der Waals surface area contributed by atoms with Crippen LogP contribution in [0.4, 0.5) is 0 Å². The van der Waals surface area contributed by atoms with Crippen LogP contribution in [0.2, 0.25) is 0 Å². The van der Waals surface area contributed by atoms with E-state index in [0.29, 0.717) is 31.6 Å². The minimum atomic E-state index is -4.96. The molecule has 17 nitrogen and oxygen atoms in total. The number of esters is 4. The Balaban J connectivity index is 5.22. The van der Waals surface area contributed by atoms with Gasteiger partial charge in [0.1, 0.15) is 19.3 Å².